The Morgan fingerprint density at radius 1 is 1.30 bits per heavy atom. The highest BCUT2D eigenvalue weighted by atomic mass is 19.4. The van der Waals surface area contributed by atoms with Crippen molar-refractivity contribution in [1.82, 2.24) is 15.0 Å². The highest BCUT2D eigenvalue weighted by Crippen LogP contribution is 2.36. The van der Waals surface area contributed by atoms with Crippen LogP contribution in [0.15, 0.2) is 28.8 Å². The molecular weight excluding hydrogens is 311 g/mol. The molecule has 1 aliphatic heterocycles. The van der Waals surface area contributed by atoms with Gasteiger partial charge in [-0.1, -0.05) is 23.4 Å². The molecule has 3 rings (SSSR count). The molecule has 2 aromatic rings. The Morgan fingerprint density at radius 3 is 2.78 bits per heavy atom. The number of aromatic nitrogens is 2. The zero-order valence-electron chi connectivity index (χ0n) is 12.5. The van der Waals surface area contributed by atoms with Crippen LogP contribution in [-0.4, -0.2) is 34.7 Å². The minimum absolute atomic E-state index is 0.161. The molecule has 23 heavy (non-hydrogen) atoms. The fraction of sp³-hybridized carbons (Fsp3) is 0.467. The van der Waals surface area contributed by atoms with Crippen LogP contribution in [0.3, 0.4) is 0 Å². The molecule has 1 unspecified atom stereocenters. The molecule has 1 saturated heterocycles. The molecular formula is C15H16F3N3O2. The molecule has 1 fully saturated rings. The first-order valence-corrected chi connectivity index (χ1v) is 7.23. The summed E-state index contributed by atoms with van der Waals surface area (Å²) < 4.78 is 49.9. The molecule has 1 aromatic heterocycles. The first-order valence-electron chi connectivity index (χ1n) is 7.23. The third kappa shape index (κ3) is 3.70. The van der Waals surface area contributed by atoms with Gasteiger partial charge in [0.2, 0.25) is 5.89 Å². The van der Waals surface area contributed by atoms with Gasteiger partial charge in [0.05, 0.1) is 24.8 Å². The van der Waals surface area contributed by atoms with Gasteiger partial charge < -0.3 is 9.26 Å². The number of benzene rings is 1. The third-order valence-electron chi connectivity index (χ3n) is 3.70. The van der Waals surface area contributed by atoms with Crippen molar-refractivity contribution in [2.45, 2.75) is 25.7 Å². The topological polar surface area (TPSA) is 51.4 Å². The molecule has 0 bridgehead atoms. The van der Waals surface area contributed by atoms with Gasteiger partial charge in [0.1, 0.15) is 0 Å². The van der Waals surface area contributed by atoms with E-state index in [0.717, 1.165) is 6.07 Å². The Kier molecular flexibility index (Phi) is 4.36. The minimum Gasteiger partial charge on any atom is -0.371 e. The van der Waals surface area contributed by atoms with Crippen molar-refractivity contribution in [3.05, 3.63) is 47.1 Å². The third-order valence-corrected chi connectivity index (χ3v) is 3.70. The van der Waals surface area contributed by atoms with Gasteiger partial charge >= 0.3 is 6.18 Å². The van der Waals surface area contributed by atoms with E-state index in [9.17, 15) is 13.2 Å². The average Bonchev–Trinajstić information content (AvgIpc) is 2.92. The standard InChI is InChI=1S/C15H16F3N3O2/c1-10-19-14(20-23-10)9-21-6-7-22-13(8-21)11-4-2-3-5-12(11)15(16,17)18/h2-5,13H,6-9H2,1H3. The van der Waals surface area contributed by atoms with Crippen molar-refractivity contribution in [2.75, 3.05) is 19.7 Å². The molecule has 5 nitrogen and oxygen atoms in total. The molecule has 0 radical (unpaired) electrons. The number of ether oxygens (including phenoxy) is 1. The summed E-state index contributed by atoms with van der Waals surface area (Å²) in [6, 6.07) is 5.53. The molecule has 1 aliphatic rings. The summed E-state index contributed by atoms with van der Waals surface area (Å²) >= 11 is 0. The largest absolute Gasteiger partial charge is 0.416 e. The maximum absolute atomic E-state index is 13.1. The van der Waals surface area contributed by atoms with E-state index in [1.807, 2.05) is 4.90 Å². The van der Waals surface area contributed by atoms with Crippen LogP contribution in [0.2, 0.25) is 0 Å². The second-order valence-corrected chi connectivity index (χ2v) is 5.41. The minimum atomic E-state index is -4.40. The summed E-state index contributed by atoms with van der Waals surface area (Å²) in [4.78, 5) is 6.08. The van der Waals surface area contributed by atoms with E-state index >= 15 is 0 Å². The van der Waals surface area contributed by atoms with Crippen molar-refractivity contribution >= 4 is 0 Å². The SMILES string of the molecule is Cc1nc(CN2CCOC(c3ccccc3C(F)(F)F)C2)no1. The Morgan fingerprint density at radius 2 is 2.09 bits per heavy atom. The van der Waals surface area contributed by atoms with E-state index in [-0.39, 0.29) is 5.56 Å². The summed E-state index contributed by atoms with van der Waals surface area (Å²) in [7, 11) is 0. The highest BCUT2D eigenvalue weighted by molar-refractivity contribution is 5.32. The molecule has 1 atom stereocenters. The number of rotatable bonds is 3. The molecule has 8 heteroatoms. The monoisotopic (exact) mass is 327 g/mol. The van der Waals surface area contributed by atoms with Crippen molar-refractivity contribution in [3.8, 4) is 0 Å². The van der Waals surface area contributed by atoms with Crippen LogP contribution in [0, 0.1) is 6.92 Å². The van der Waals surface area contributed by atoms with Crippen molar-refractivity contribution in [1.29, 1.82) is 0 Å². The summed E-state index contributed by atoms with van der Waals surface area (Å²) in [5, 5.41) is 3.82. The van der Waals surface area contributed by atoms with Crippen molar-refractivity contribution in [2.24, 2.45) is 0 Å². The maximum Gasteiger partial charge on any atom is 0.416 e. The number of hydrogen-bond donors (Lipinski definition) is 0. The lowest BCUT2D eigenvalue weighted by molar-refractivity contribution is -0.140. The van der Waals surface area contributed by atoms with E-state index in [0.29, 0.717) is 38.0 Å². The van der Waals surface area contributed by atoms with Gasteiger partial charge in [0, 0.05) is 20.0 Å². The van der Waals surface area contributed by atoms with Gasteiger partial charge in [0.25, 0.3) is 0 Å². The van der Waals surface area contributed by atoms with Crippen LogP contribution in [-0.2, 0) is 17.5 Å². The van der Waals surface area contributed by atoms with E-state index in [4.69, 9.17) is 9.26 Å². The molecule has 2 heterocycles. The zero-order chi connectivity index (χ0) is 16.4. The second kappa shape index (κ2) is 6.29. The van der Waals surface area contributed by atoms with Gasteiger partial charge in [-0.05, 0) is 11.6 Å². The first-order chi connectivity index (χ1) is 10.9. The van der Waals surface area contributed by atoms with Gasteiger partial charge in [-0.3, -0.25) is 4.90 Å². The van der Waals surface area contributed by atoms with Gasteiger partial charge in [0.15, 0.2) is 5.82 Å². The maximum atomic E-state index is 13.1. The number of hydrogen-bond acceptors (Lipinski definition) is 5. The number of morpholine rings is 1. The Balaban J connectivity index is 1.76. The molecule has 124 valence electrons. The summed E-state index contributed by atoms with van der Waals surface area (Å²) in [6.07, 6.45) is -5.03. The normalized spacial score (nSPS) is 19.9. The zero-order valence-corrected chi connectivity index (χ0v) is 12.5. The second-order valence-electron chi connectivity index (χ2n) is 5.41. The van der Waals surface area contributed by atoms with E-state index in [1.54, 1.807) is 13.0 Å². The number of nitrogens with zero attached hydrogens (tertiary/aromatic N) is 3. The Labute approximate surface area is 131 Å². The van der Waals surface area contributed by atoms with Gasteiger partial charge in [-0.2, -0.15) is 18.2 Å². The summed E-state index contributed by atoms with van der Waals surface area (Å²) in [5.41, 5.74) is -0.490. The van der Waals surface area contributed by atoms with Crippen molar-refractivity contribution in [3.63, 3.8) is 0 Å². The molecule has 0 N–H and O–H groups in total. The van der Waals surface area contributed by atoms with Crippen LogP contribution >= 0.6 is 0 Å². The van der Waals surface area contributed by atoms with Crippen LogP contribution in [0.5, 0.6) is 0 Å². The van der Waals surface area contributed by atoms with Gasteiger partial charge in [-0.15, -0.1) is 0 Å². The smallest absolute Gasteiger partial charge is 0.371 e. The summed E-state index contributed by atoms with van der Waals surface area (Å²) in [5.74, 6) is 0.986. The fourth-order valence-electron chi connectivity index (χ4n) is 2.68. The quantitative estimate of drug-likeness (QED) is 0.867. The predicted molar refractivity (Wildman–Crippen MR) is 74.4 cm³/mol. The Bertz CT molecular complexity index is 672. The van der Waals surface area contributed by atoms with E-state index in [2.05, 4.69) is 10.1 Å². The van der Waals surface area contributed by atoms with Crippen LogP contribution < -0.4 is 0 Å². The lowest BCUT2D eigenvalue weighted by atomic mass is 10.0. The van der Waals surface area contributed by atoms with Gasteiger partial charge in [-0.25, -0.2) is 0 Å². The molecule has 0 aliphatic carbocycles. The van der Waals surface area contributed by atoms with Crippen molar-refractivity contribution < 1.29 is 22.4 Å². The predicted octanol–water partition coefficient (Wildman–Crippen LogP) is 2.97. The van der Waals surface area contributed by atoms with E-state index in [1.165, 1.54) is 12.1 Å². The fourth-order valence-corrected chi connectivity index (χ4v) is 2.68. The van der Waals surface area contributed by atoms with Crippen LogP contribution in [0.4, 0.5) is 13.2 Å². The van der Waals surface area contributed by atoms with E-state index < -0.39 is 17.8 Å². The highest BCUT2D eigenvalue weighted by Gasteiger charge is 2.36. The van der Waals surface area contributed by atoms with Crippen LogP contribution in [0.25, 0.3) is 0 Å². The van der Waals surface area contributed by atoms with Crippen LogP contribution in [0.1, 0.15) is 28.9 Å². The summed E-state index contributed by atoms with van der Waals surface area (Å²) in [6.45, 7) is 3.43. The number of aryl methyl sites for hydroxylation is 1. The number of halogens is 3. The lowest BCUT2D eigenvalue weighted by Gasteiger charge is -2.33. The number of alkyl halides is 3. The Hall–Kier alpha value is -1.93. The molecule has 0 spiro atoms. The molecule has 1 aromatic carbocycles. The molecule has 0 amide bonds. The average molecular weight is 327 g/mol. The molecule has 0 saturated carbocycles. The lowest BCUT2D eigenvalue weighted by Crippen LogP contribution is -2.38. The first kappa shape index (κ1) is 15.9.